The summed E-state index contributed by atoms with van der Waals surface area (Å²) in [5.74, 6) is -1.40. The summed E-state index contributed by atoms with van der Waals surface area (Å²) >= 11 is 1.36. The number of rotatable bonds is 8. The van der Waals surface area contributed by atoms with Gasteiger partial charge < -0.3 is 10.1 Å². The number of ketones is 1. The minimum atomic E-state index is -3.82. The molecule has 0 radical (unpaired) electrons. The molecule has 0 spiro atoms. The monoisotopic (exact) mass is 424 g/mol. The molecule has 0 saturated carbocycles. The Kier molecular flexibility index (Phi) is 7.05. The summed E-state index contributed by atoms with van der Waals surface area (Å²) in [7, 11) is -3.82. The summed E-state index contributed by atoms with van der Waals surface area (Å²) < 4.78 is 27.5. The van der Waals surface area contributed by atoms with Crippen LogP contribution in [0.5, 0.6) is 0 Å². The smallest absolute Gasteiger partial charge is 0.307 e. The van der Waals surface area contributed by atoms with Gasteiger partial charge in [0.2, 0.25) is 10.0 Å². The first kappa shape index (κ1) is 21.7. The van der Waals surface area contributed by atoms with Crippen molar-refractivity contribution in [3.63, 3.8) is 0 Å². The fourth-order valence-corrected chi connectivity index (χ4v) is 3.56. The zero-order valence-electron chi connectivity index (χ0n) is 15.3. The first-order valence-electron chi connectivity index (χ1n) is 8.29. The molecule has 0 aliphatic carbocycles. The Morgan fingerprint density at radius 1 is 1.11 bits per heavy atom. The van der Waals surface area contributed by atoms with E-state index in [0.29, 0.717) is 10.6 Å². The lowest BCUT2D eigenvalue weighted by Gasteiger charge is -2.13. The van der Waals surface area contributed by atoms with E-state index < -0.39 is 28.0 Å². The third-order valence-electron chi connectivity index (χ3n) is 3.70. The maximum Gasteiger partial charge on any atom is 0.307 e. The van der Waals surface area contributed by atoms with Gasteiger partial charge in [0.05, 0.1) is 16.2 Å². The van der Waals surface area contributed by atoms with E-state index in [-0.39, 0.29) is 23.5 Å². The van der Waals surface area contributed by atoms with Gasteiger partial charge in [0.15, 0.2) is 11.9 Å². The topological polar surface area (TPSA) is 133 Å². The van der Waals surface area contributed by atoms with Crippen LogP contribution in [0.25, 0.3) is 0 Å². The van der Waals surface area contributed by atoms with Crippen molar-refractivity contribution in [2.75, 3.05) is 5.32 Å². The number of amides is 1. The summed E-state index contributed by atoms with van der Waals surface area (Å²) in [6.45, 7) is 3.29. The number of hydrogen-bond donors (Lipinski definition) is 2. The molecule has 2 rings (SSSR count). The van der Waals surface area contributed by atoms with Gasteiger partial charge in [0.1, 0.15) is 0 Å². The molecule has 0 fully saturated rings. The van der Waals surface area contributed by atoms with Crippen molar-refractivity contribution in [1.82, 2.24) is 0 Å². The summed E-state index contributed by atoms with van der Waals surface area (Å²) in [5.41, 5.74) is 0.323. The summed E-state index contributed by atoms with van der Waals surface area (Å²) in [5, 5.41) is 7.51. The zero-order valence-corrected chi connectivity index (χ0v) is 16.9. The predicted molar refractivity (Wildman–Crippen MR) is 105 cm³/mol. The molecule has 3 N–H and O–H groups in total. The summed E-state index contributed by atoms with van der Waals surface area (Å²) in [6, 6.07) is 8.78. The Balaban J connectivity index is 1.82. The predicted octanol–water partition coefficient (Wildman–Crippen LogP) is 2.24. The molecule has 8 nitrogen and oxygen atoms in total. The van der Waals surface area contributed by atoms with Crippen molar-refractivity contribution < 1.29 is 27.5 Å². The van der Waals surface area contributed by atoms with Crippen LogP contribution in [0.4, 0.5) is 5.69 Å². The molecule has 0 aliphatic rings. The molecular weight excluding hydrogens is 404 g/mol. The first-order chi connectivity index (χ1) is 13.1. The molecule has 1 heterocycles. The minimum absolute atomic E-state index is 0.00213. The average Bonchev–Trinajstić information content (AvgIpc) is 3.05. The van der Waals surface area contributed by atoms with Gasteiger partial charge in [0.25, 0.3) is 5.91 Å². The van der Waals surface area contributed by atoms with E-state index in [9.17, 15) is 22.8 Å². The molecule has 10 heteroatoms. The number of hydrogen-bond acceptors (Lipinski definition) is 7. The van der Waals surface area contributed by atoms with Crippen molar-refractivity contribution in [2.24, 2.45) is 5.14 Å². The average molecular weight is 425 g/mol. The lowest BCUT2D eigenvalue weighted by molar-refractivity contribution is -0.153. The maximum absolute atomic E-state index is 12.1. The fraction of sp³-hybridized carbons (Fsp3) is 0.278. The number of nitrogens with one attached hydrogen (secondary N) is 1. The Morgan fingerprint density at radius 3 is 2.29 bits per heavy atom. The minimum Gasteiger partial charge on any atom is -0.453 e. The van der Waals surface area contributed by atoms with Gasteiger partial charge in [0, 0.05) is 17.0 Å². The van der Waals surface area contributed by atoms with Crippen LogP contribution in [0, 0.1) is 6.92 Å². The molecule has 28 heavy (non-hydrogen) atoms. The molecule has 0 bridgehead atoms. The second-order valence-electron chi connectivity index (χ2n) is 6.02. The normalized spacial score (nSPS) is 12.2. The highest BCUT2D eigenvalue weighted by Crippen LogP contribution is 2.18. The highest BCUT2D eigenvalue weighted by atomic mass is 32.2. The van der Waals surface area contributed by atoms with E-state index >= 15 is 0 Å². The van der Waals surface area contributed by atoms with Crippen LogP contribution in [-0.2, 0) is 24.3 Å². The van der Waals surface area contributed by atoms with Crippen molar-refractivity contribution >= 4 is 44.7 Å². The molecule has 1 atom stereocenters. The molecular formula is C18H20N2O6S2. The Morgan fingerprint density at radius 2 is 1.75 bits per heavy atom. The van der Waals surface area contributed by atoms with Crippen molar-refractivity contribution in [3.05, 3.63) is 46.2 Å². The number of nitrogens with two attached hydrogens (primary N) is 1. The summed E-state index contributed by atoms with van der Waals surface area (Å²) in [4.78, 5) is 37.5. The number of carbonyl (C=O) groups excluding carboxylic acids is 3. The molecule has 1 aromatic heterocycles. The molecule has 0 aliphatic heterocycles. The second kappa shape index (κ2) is 9.09. The number of sulfonamides is 1. The lowest BCUT2D eigenvalue weighted by atomic mass is 10.2. The second-order valence-corrected chi connectivity index (χ2v) is 8.87. The number of Topliss-reactive ketones (excluding diaryl/α,β-unsaturated/α-hetero) is 1. The van der Waals surface area contributed by atoms with E-state index in [1.165, 1.54) is 42.5 Å². The number of thiophene rings is 1. The van der Waals surface area contributed by atoms with E-state index in [0.717, 1.165) is 4.88 Å². The molecule has 2 aromatic rings. The molecule has 1 unspecified atom stereocenters. The Bertz CT molecular complexity index is 980. The van der Waals surface area contributed by atoms with Crippen molar-refractivity contribution in [1.29, 1.82) is 0 Å². The Hall–Kier alpha value is -2.56. The van der Waals surface area contributed by atoms with Gasteiger partial charge in [-0.1, -0.05) is 0 Å². The molecule has 0 saturated heterocycles. The quantitative estimate of drug-likeness (QED) is 0.493. The third kappa shape index (κ3) is 6.25. The Labute approximate surface area is 166 Å². The standard InChI is InChI=1S/C18H20N2O6S2/c1-11-3-9-16(27-11)15(21)8-10-17(22)26-12(2)18(23)20-13-4-6-14(7-5-13)28(19,24)25/h3-7,9,12H,8,10H2,1-2H3,(H,20,23)(H2,19,24,25). The van der Waals surface area contributed by atoms with Gasteiger partial charge >= 0.3 is 5.97 Å². The van der Waals surface area contributed by atoms with E-state index in [1.54, 1.807) is 6.07 Å². The van der Waals surface area contributed by atoms with Crippen LogP contribution in [0.1, 0.15) is 34.3 Å². The van der Waals surface area contributed by atoms with Crippen LogP contribution in [0.15, 0.2) is 41.3 Å². The van der Waals surface area contributed by atoms with Crippen LogP contribution < -0.4 is 10.5 Å². The fourth-order valence-electron chi connectivity index (χ4n) is 2.20. The SMILES string of the molecule is Cc1ccc(C(=O)CCC(=O)OC(C)C(=O)Nc2ccc(S(N)(=O)=O)cc2)s1. The van der Waals surface area contributed by atoms with E-state index in [2.05, 4.69) is 5.32 Å². The number of ether oxygens (including phenoxy) is 1. The van der Waals surface area contributed by atoms with Gasteiger partial charge in [-0.2, -0.15) is 0 Å². The molecule has 1 aromatic carbocycles. The number of primary sulfonamides is 1. The van der Waals surface area contributed by atoms with Crippen LogP contribution in [-0.4, -0.2) is 32.2 Å². The van der Waals surface area contributed by atoms with Crippen LogP contribution in [0.2, 0.25) is 0 Å². The van der Waals surface area contributed by atoms with Gasteiger partial charge in [-0.3, -0.25) is 14.4 Å². The summed E-state index contributed by atoms with van der Waals surface area (Å²) in [6.07, 6.45) is -1.21. The zero-order chi connectivity index (χ0) is 20.9. The molecule has 1 amide bonds. The third-order valence-corrected chi connectivity index (χ3v) is 5.67. The number of esters is 1. The number of aryl methyl sites for hydroxylation is 1. The van der Waals surface area contributed by atoms with Crippen molar-refractivity contribution in [2.45, 2.75) is 37.7 Å². The number of carbonyl (C=O) groups is 3. The van der Waals surface area contributed by atoms with E-state index in [4.69, 9.17) is 9.88 Å². The van der Waals surface area contributed by atoms with Crippen LogP contribution >= 0.6 is 11.3 Å². The number of anilines is 1. The highest BCUT2D eigenvalue weighted by molar-refractivity contribution is 7.89. The van der Waals surface area contributed by atoms with E-state index in [1.807, 2.05) is 13.0 Å². The first-order valence-corrected chi connectivity index (χ1v) is 10.7. The number of benzene rings is 1. The highest BCUT2D eigenvalue weighted by Gasteiger charge is 2.19. The van der Waals surface area contributed by atoms with Gasteiger partial charge in [-0.15, -0.1) is 11.3 Å². The van der Waals surface area contributed by atoms with Crippen LogP contribution in [0.3, 0.4) is 0 Å². The van der Waals surface area contributed by atoms with Crippen molar-refractivity contribution in [3.8, 4) is 0 Å². The molecule has 150 valence electrons. The largest absolute Gasteiger partial charge is 0.453 e. The maximum atomic E-state index is 12.1. The lowest BCUT2D eigenvalue weighted by Crippen LogP contribution is -2.30. The van der Waals surface area contributed by atoms with Gasteiger partial charge in [-0.05, 0) is 50.2 Å². The van der Waals surface area contributed by atoms with Gasteiger partial charge in [-0.25, -0.2) is 13.6 Å².